The molecule has 1 rings (SSSR count). The number of hydrazine groups is 1. The maximum absolute atomic E-state index is 13.5. The Balaban J connectivity index is 2.74. The van der Waals surface area contributed by atoms with Crippen LogP contribution in [0, 0.1) is 5.82 Å². The Hall–Kier alpha value is -0.490. The van der Waals surface area contributed by atoms with Crippen LogP contribution in [0.25, 0.3) is 0 Å². The third-order valence-electron chi connectivity index (χ3n) is 3.13. The van der Waals surface area contributed by atoms with E-state index in [1.165, 1.54) is 6.07 Å². The molecular weight excluding hydrogens is 299 g/mol. The highest BCUT2D eigenvalue weighted by Crippen LogP contribution is 2.26. The topological polar surface area (TPSA) is 47.3 Å². The Morgan fingerprint density at radius 3 is 2.67 bits per heavy atom. The van der Waals surface area contributed by atoms with Gasteiger partial charge in [0.1, 0.15) is 5.82 Å². The van der Waals surface area contributed by atoms with Crippen molar-refractivity contribution in [2.45, 2.75) is 38.3 Å². The van der Waals surface area contributed by atoms with Crippen LogP contribution >= 0.6 is 15.9 Å². The number of benzene rings is 1. The fourth-order valence-corrected chi connectivity index (χ4v) is 1.92. The van der Waals surface area contributed by atoms with Gasteiger partial charge < -0.3 is 4.74 Å². The zero-order chi connectivity index (χ0) is 13.8. The molecule has 5 heteroatoms. The van der Waals surface area contributed by atoms with Gasteiger partial charge in [-0.25, -0.2) is 4.39 Å². The minimum absolute atomic E-state index is 0.0815. The Kier molecular flexibility index (Phi) is 5.72. The maximum Gasteiger partial charge on any atom is 0.137 e. The number of ether oxygens (including phenoxy) is 1. The number of hydrogen-bond donors (Lipinski definition) is 2. The van der Waals surface area contributed by atoms with Crippen molar-refractivity contribution >= 4 is 15.9 Å². The third kappa shape index (κ3) is 4.31. The molecule has 0 radical (unpaired) electrons. The molecule has 0 aliphatic heterocycles. The Labute approximate surface area is 116 Å². The molecule has 0 saturated carbocycles. The summed E-state index contributed by atoms with van der Waals surface area (Å²) < 4.78 is 19.3. The lowest BCUT2D eigenvalue weighted by molar-refractivity contribution is 0.0117. The predicted octanol–water partition coefficient (Wildman–Crippen LogP) is 3.30. The van der Waals surface area contributed by atoms with Crippen LogP contribution in [0.5, 0.6) is 0 Å². The second-order valence-corrected chi connectivity index (χ2v) is 5.75. The highest BCUT2D eigenvalue weighted by atomic mass is 79.9. The fraction of sp³-hybridized carbons (Fsp3) is 0.538. The summed E-state index contributed by atoms with van der Waals surface area (Å²) in [5.41, 5.74) is 3.36. The van der Waals surface area contributed by atoms with Gasteiger partial charge in [-0.1, -0.05) is 6.07 Å². The molecule has 0 saturated heterocycles. The van der Waals surface area contributed by atoms with Gasteiger partial charge in [0.2, 0.25) is 0 Å². The van der Waals surface area contributed by atoms with E-state index in [1.54, 1.807) is 13.2 Å². The van der Waals surface area contributed by atoms with Gasteiger partial charge >= 0.3 is 0 Å². The second-order valence-electron chi connectivity index (χ2n) is 4.90. The van der Waals surface area contributed by atoms with E-state index < -0.39 is 0 Å². The molecule has 1 atom stereocenters. The summed E-state index contributed by atoms with van der Waals surface area (Å²) in [5.74, 6) is 5.26. The highest BCUT2D eigenvalue weighted by molar-refractivity contribution is 9.10. The normalized spacial score (nSPS) is 13.7. The molecule has 18 heavy (non-hydrogen) atoms. The van der Waals surface area contributed by atoms with Crippen LogP contribution in [-0.4, -0.2) is 12.7 Å². The summed E-state index contributed by atoms with van der Waals surface area (Å²) in [5, 5.41) is 0. The van der Waals surface area contributed by atoms with E-state index >= 15 is 0 Å². The van der Waals surface area contributed by atoms with Crippen LogP contribution in [0.4, 0.5) is 4.39 Å². The molecule has 0 fully saturated rings. The van der Waals surface area contributed by atoms with Crippen LogP contribution in [0.3, 0.4) is 0 Å². The van der Waals surface area contributed by atoms with Crippen molar-refractivity contribution < 1.29 is 9.13 Å². The van der Waals surface area contributed by atoms with Crippen LogP contribution in [0.2, 0.25) is 0 Å². The molecule has 3 nitrogen and oxygen atoms in total. The van der Waals surface area contributed by atoms with Gasteiger partial charge in [0.25, 0.3) is 0 Å². The van der Waals surface area contributed by atoms with Crippen molar-refractivity contribution in [1.29, 1.82) is 0 Å². The first-order valence-corrected chi connectivity index (χ1v) is 6.65. The van der Waals surface area contributed by atoms with Gasteiger partial charge in [-0.15, -0.1) is 0 Å². The average Bonchev–Trinajstić information content (AvgIpc) is 2.34. The largest absolute Gasteiger partial charge is 0.379 e. The van der Waals surface area contributed by atoms with Gasteiger partial charge in [0, 0.05) is 13.2 Å². The molecule has 0 amide bonds. The van der Waals surface area contributed by atoms with Gasteiger partial charge in [-0.3, -0.25) is 11.3 Å². The Morgan fingerprint density at radius 2 is 2.17 bits per heavy atom. The van der Waals surface area contributed by atoms with Gasteiger partial charge in [0.05, 0.1) is 10.1 Å². The quantitative estimate of drug-likeness (QED) is 0.625. The van der Waals surface area contributed by atoms with E-state index in [0.717, 1.165) is 18.4 Å². The number of nitrogens with one attached hydrogen (secondary N) is 1. The summed E-state index contributed by atoms with van der Waals surface area (Å²) in [6.45, 7) is 4.03. The highest BCUT2D eigenvalue weighted by Gasteiger charge is 2.20. The lowest BCUT2D eigenvalue weighted by Crippen LogP contribution is -2.31. The van der Waals surface area contributed by atoms with Crippen LogP contribution in [0.1, 0.15) is 38.3 Å². The van der Waals surface area contributed by atoms with Crippen LogP contribution in [0.15, 0.2) is 22.7 Å². The van der Waals surface area contributed by atoms with Crippen LogP contribution < -0.4 is 11.3 Å². The maximum atomic E-state index is 13.5. The van der Waals surface area contributed by atoms with Crippen molar-refractivity contribution in [3.8, 4) is 0 Å². The lowest BCUT2D eigenvalue weighted by Gasteiger charge is -2.26. The molecule has 0 aliphatic rings. The molecule has 0 heterocycles. The molecule has 0 aromatic heterocycles. The van der Waals surface area contributed by atoms with Crippen molar-refractivity contribution in [1.82, 2.24) is 5.43 Å². The minimum atomic E-state index is -0.279. The second kappa shape index (κ2) is 6.61. The zero-order valence-corrected chi connectivity index (χ0v) is 12.6. The van der Waals surface area contributed by atoms with E-state index in [1.807, 2.05) is 19.9 Å². The van der Waals surface area contributed by atoms with E-state index in [4.69, 9.17) is 10.6 Å². The van der Waals surface area contributed by atoms with E-state index in [-0.39, 0.29) is 17.5 Å². The molecule has 1 aromatic rings. The van der Waals surface area contributed by atoms with Crippen molar-refractivity contribution in [3.63, 3.8) is 0 Å². The summed E-state index contributed by atoms with van der Waals surface area (Å²) in [7, 11) is 1.68. The number of methoxy groups -OCH3 is 1. The first-order chi connectivity index (χ1) is 8.39. The monoisotopic (exact) mass is 318 g/mol. The number of nitrogens with two attached hydrogens (primary N) is 1. The first-order valence-electron chi connectivity index (χ1n) is 5.86. The minimum Gasteiger partial charge on any atom is -0.379 e. The van der Waals surface area contributed by atoms with Gasteiger partial charge in [-0.2, -0.15) is 0 Å². The first kappa shape index (κ1) is 15.6. The molecular formula is C13H20BrFN2O. The Morgan fingerprint density at radius 1 is 1.50 bits per heavy atom. The van der Waals surface area contributed by atoms with E-state index in [2.05, 4.69) is 21.4 Å². The van der Waals surface area contributed by atoms with Crippen molar-refractivity contribution in [2.75, 3.05) is 7.11 Å². The summed E-state index contributed by atoms with van der Waals surface area (Å²) >= 11 is 3.14. The average molecular weight is 319 g/mol. The van der Waals surface area contributed by atoms with Crippen molar-refractivity contribution in [2.24, 2.45) is 5.84 Å². The Bertz CT molecular complexity index is 399. The summed E-state index contributed by atoms with van der Waals surface area (Å²) in [6.07, 6.45) is 1.61. The SMILES string of the molecule is COC(C)(C)CCC(NN)c1ccc(Br)c(F)c1. The standard InChI is InChI=1S/C13H20BrFN2O/c1-13(2,18-3)7-6-12(17-16)9-4-5-10(14)11(15)8-9/h4-5,8,12,17H,6-7,16H2,1-3H3. The molecule has 0 bridgehead atoms. The molecule has 3 N–H and O–H groups in total. The molecule has 1 aromatic carbocycles. The smallest absolute Gasteiger partial charge is 0.137 e. The third-order valence-corrected chi connectivity index (χ3v) is 3.78. The number of hydrogen-bond acceptors (Lipinski definition) is 3. The van der Waals surface area contributed by atoms with Crippen molar-refractivity contribution in [3.05, 3.63) is 34.1 Å². The fourth-order valence-electron chi connectivity index (χ4n) is 1.67. The van der Waals surface area contributed by atoms with E-state index in [0.29, 0.717) is 4.47 Å². The van der Waals surface area contributed by atoms with Gasteiger partial charge in [-0.05, 0) is 60.3 Å². The zero-order valence-electron chi connectivity index (χ0n) is 11.0. The van der Waals surface area contributed by atoms with Crippen LogP contribution in [-0.2, 0) is 4.74 Å². The molecule has 1 unspecified atom stereocenters. The molecule has 102 valence electrons. The van der Waals surface area contributed by atoms with Gasteiger partial charge in [0.15, 0.2) is 0 Å². The summed E-state index contributed by atoms with van der Waals surface area (Å²) in [6, 6.07) is 4.96. The molecule has 0 aliphatic carbocycles. The number of halogens is 2. The number of rotatable bonds is 6. The lowest BCUT2D eigenvalue weighted by atomic mass is 9.95. The summed E-state index contributed by atoms with van der Waals surface area (Å²) in [4.78, 5) is 0. The predicted molar refractivity (Wildman–Crippen MR) is 74.5 cm³/mol. The molecule has 0 spiro atoms. The van der Waals surface area contributed by atoms with E-state index in [9.17, 15) is 4.39 Å².